The summed E-state index contributed by atoms with van der Waals surface area (Å²) in [6.07, 6.45) is 1.86. The van der Waals surface area contributed by atoms with Gasteiger partial charge in [0.25, 0.3) is 5.91 Å². The predicted octanol–water partition coefficient (Wildman–Crippen LogP) is -0.238. The van der Waals surface area contributed by atoms with E-state index in [9.17, 15) is 9.90 Å². The average molecular weight is 171 g/mol. The topological polar surface area (TPSA) is 61.9 Å². The van der Waals surface area contributed by atoms with Crippen molar-refractivity contribution in [2.24, 2.45) is 0 Å². The second kappa shape index (κ2) is 2.44. The molecule has 0 aliphatic carbocycles. The van der Waals surface area contributed by atoms with Crippen LogP contribution in [-0.2, 0) is 9.53 Å². The first-order chi connectivity index (χ1) is 5.67. The highest BCUT2D eigenvalue weighted by Crippen LogP contribution is 2.39. The van der Waals surface area contributed by atoms with Gasteiger partial charge in [-0.2, -0.15) is 0 Å². The Labute approximate surface area is 70.9 Å². The summed E-state index contributed by atoms with van der Waals surface area (Å²) in [4.78, 5) is 11.0. The Morgan fingerprint density at radius 3 is 2.92 bits per heavy atom. The highest BCUT2D eigenvalue weighted by atomic mass is 16.6. The van der Waals surface area contributed by atoms with Crippen molar-refractivity contribution in [3.8, 4) is 0 Å². The Kier molecular flexibility index (Phi) is 1.63. The molecule has 2 aliphatic heterocycles. The summed E-state index contributed by atoms with van der Waals surface area (Å²) in [6, 6.07) is 0. The molecule has 1 amide bonds. The summed E-state index contributed by atoms with van der Waals surface area (Å²) in [5.74, 6) is -0.168. The fraction of sp³-hybridized carbons (Fsp3) is 0.875. The molecule has 0 aromatic heterocycles. The van der Waals surface area contributed by atoms with Crippen molar-refractivity contribution >= 4 is 5.91 Å². The van der Waals surface area contributed by atoms with Crippen LogP contribution >= 0.6 is 0 Å². The summed E-state index contributed by atoms with van der Waals surface area (Å²) < 4.78 is 5.02. The molecular weight excluding hydrogens is 158 g/mol. The smallest absolute Gasteiger partial charge is 0.254 e. The lowest BCUT2D eigenvalue weighted by molar-refractivity contribution is -0.129. The van der Waals surface area contributed by atoms with Gasteiger partial charge in [-0.15, -0.1) is 0 Å². The van der Waals surface area contributed by atoms with Crippen LogP contribution in [0, 0.1) is 0 Å². The van der Waals surface area contributed by atoms with E-state index in [4.69, 9.17) is 4.74 Å². The molecule has 0 radical (unpaired) electrons. The van der Waals surface area contributed by atoms with Crippen molar-refractivity contribution in [2.45, 2.75) is 44.1 Å². The Balaban J connectivity index is 1.98. The molecule has 2 aliphatic rings. The zero-order valence-electron chi connectivity index (χ0n) is 7.04. The third-order valence-corrected chi connectivity index (χ3v) is 2.47. The number of carbonyl (C=O) groups is 1. The molecule has 12 heavy (non-hydrogen) atoms. The summed E-state index contributed by atoms with van der Waals surface area (Å²) in [5.41, 5.74) is -1.07. The number of amides is 1. The second-order valence-corrected chi connectivity index (χ2v) is 3.49. The third-order valence-electron chi connectivity index (χ3n) is 2.47. The lowest BCUT2D eigenvalue weighted by Crippen LogP contribution is -2.47. The molecule has 2 N–H and O–H groups in total. The molecule has 0 aromatic carbocycles. The molecule has 0 spiro atoms. The van der Waals surface area contributed by atoms with Gasteiger partial charge in [-0.1, -0.05) is 13.3 Å². The van der Waals surface area contributed by atoms with Crippen LogP contribution in [0.5, 0.6) is 0 Å². The number of hydrogen-bond acceptors (Lipinski definition) is 3. The maximum Gasteiger partial charge on any atom is 0.254 e. The quantitative estimate of drug-likeness (QED) is 0.576. The Bertz CT molecular complexity index is 218. The number of hydrogen-bond donors (Lipinski definition) is 2. The molecule has 68 valence electrons. The minimum atomic E-state index is -1.07. The van der Waals surface area contributed by atoms with Crippen LogP contribution in [0.2, 0.25) is 0 Å². The van der Waals surface area contributed by atoms with Crippen molar-refractivity contribution in [1.82, 2.24) is 5.32 Å². The van der Waals surface area contributed by atoms with Gasteiger partial charge in [-0.25, -0.2) is 0 Å². The lowest BCUT2D eigenvalue weighted by atomic mass is 10.0. The van der Waals surface area contributed by atoms with Crippen molar-refractivity contribution < 1.29 is 14.6 Å². The van der Waals surface area contributed by atoms with Crippen LogP contribution in [-0.4, -0.2) is 28.9 Å². The molecule has 0 bridgehead atoms. The fourth-order valence-corrected chi connectivity index (χ4v) is 1.68. The largest absolute Gasteiger partial charge is 0.368 e. The molecular formula is C8H13NO3. The van der Waals surface area contributed by atoms with Crippen LogP contribution in [0.25, 0.3) is 0 Å². The SMILES string of the molecule is CCCCC1(O)NC(=O)C2OC21. The van der Waals surface area contributed by atoms with Gasteiger partial charge in [0.2, 0.25) is 0 Å². The summed E-state index contributed by atoms with van der Waals surface area (Å²) >= 11 is 0. The van der Waals surface area contributed by atoms with Gasteiger partial charge in [-0.05, 0) is 12.8 Å². The standard InChI is InChI=1S/C8H13NO3/c1-2-3-4-8(11)6-5(12-6)7(10)9-8/h5-6,11H,2-4H2,1H3,(H,9,10). The van der Waals surface area contributed by atoms with E-state index >= 15 is 0 Å². The van der Waals surface area contributed by atoms with Gasteiger partial charge in [0.1, 0.15) is 6.10 Å². The number of fused-ring (bicyclic) bond motifs is 1. The van der Waals surface area contributed by atoms with Gasteiger partial charge >= 0.3 is 0 Å². The number of rotatable bonds is 3. The normalized spacial score (nSPS) is 44.0. The summed E-state index contributed by atoms with van der Waals surface area (Å²) in [7, 11) is 0. The molecule has 2 fully saturated rings. The molecule has 3 unspecified atom stereocenters. The number of carbonyl (C=O) groups excluding carboxylic acids is 1. The van der Waals surface area contributed by atoms with Gasteiger partial charge in [0.15, 0.2) is 11.8 Å². The fourth-order valence-electron chi connectivity index (χ4n) is 1.68. The van der Waals surface area contributed by atoms with E-state index in [1.54, 1.807) is 0 Å². The number of ether oxygens (including phenoxy) is 1. The molecule has 4 nitrogen and oxygen atoms in total. The molecule has 0 saturated carbocycles. The Morgan fingerprint density at radius 1 is 1.75 bits per heavy atom. The molecule has 4 heteroatoms. The van der Waals surface area contributed by atoms with E-state index in [0.29, 0.717) is 6.42 Å². The van der Waals surface area contributed by atoms with Crippen LogP contribution in [0.1, 0.15) is 26.2 Å². The highest BCUT2D eigenvalue weighted by Gasteiger charge is 2.64. The van der Waals surface area contributed by atoms with Gasteiger partial charge in [0.05, 0.1) is 0 Å². The Morgan fingerprint density at radius 2 is 2.50 bits per heavy atom. The number of unbranched alkanes of at least 4 members (excludes halogenated alkanes) is 1. The summed E-state index contributed by atoms with van der Waals surface area (Å²) in [5, 5.41) is 12.4. The third kappa shape index (κ3) is 1.03. The first-order valence-electron chi connectivity index (χ1n) is 4.37. The zero-order valence-corrected chi connectivity index (χ0v) is 7.04. The number of aliphatic hydroxyl groups is 1. The van der Waals surface area contributed by atoms with Crippen molar-refractivity contribution in [3.63, 3.8) is 0 Å². The van der Waals surface area contributed by atoms with E-state index in [1.807, 2.05) is 6.92 Å². The lowest BCUT2D eigenvalue weighted by Gasteiger charge is -2.23. The van der Waals surface area contributed by atoms with Gasteiger partial charge in [-0.3, -0.25) is 4.79 Å². The number of epoxide rings is 1. The summed E-state index contributed by atoms with van der Waals surface area (Å²) in [6.45, 7) is 2.05. The minimum absolute atomic E-state index is 0.168. The van der Waals surface area contributed by atoms with Crippen molar-refractivity contribution in [2.75, 3.05) is 0 Å². The second-order valence-electron chi connectivity index (χ2n) is 3.49. The first-order valence-corrected chi connectivity index (χ1v) is 4.37. The van der Waals surface area contributed by atoms with E-state index in [-0.39, 0.29) is 18.1 Å². The number of morpholine rings is 1. The first kappa shape index (κ1) is 8.01. The minimum Gasteiger partial charge on any atom is -0.368 e. The van der Waals surface area contributed by atoms with E-state index in [2.05, 4.69) is 5.32 Å². The molecule has 2 rings (SSSR count). The zero-order chi connectivity index (χ0) is 8.77. The van der Waals surface area contributed by atoms with Crippen LogP contribution < -0.4 is 5.32 Å². The van der Waals surface area contributed by atoms with Crippen molar-refractivity contribution in [1.29, 1.82) is 0 Å². The van der Waals surface area contributed by atoms with Crippen LogP contribution in [0.15, 0.2) is 0 Å². The van der Waals surface area contributed by atoms with Crippen LogP contribution in [0.3, 0.4) is 0 Å². The van der Waals surface area contributed by atoms with E-state index in [1.165, 1.54) is 0 Å². The maximum atomic E-state index is 11.0. The average Bonchev–Trinajstić information content (AvgIpc) is 2.75. The Hall–Kier alpha value is -0.610. The molecule has 2 heterocycles. The highest BCUT2D eigenvalue weighted by molar-refractivity contribution is 5.88. The molecule has 3 atom stereocenters. The van der Waals surface area contributed by atoms with Gasteiger partial charge in [0, 0.05) is 0 Å². The van der Waals surface area contributed by atoms with Crippen molar-refractivity contribution in [3.05, 3.63) is 0 Å². The maximum absolute atomic E-state index is 11.0. The molecule has 2 saturated heterocycles. The molecule has 0 aromatic rings. The predicted molar refractivity (Wildman–Crippen MR) is 41.3 cm³/mol. The van der Waals surface area contributed by atoms with Crippen LogP contribution in [0.4, 0.5) is 0 Å². The van der Waals surface area contributed by atoms with Gasteiger partial charge < -0.3 is 15.2 Å². The monoisotopic (exact) mass is 171 g/mol. The van der Waals surface area contributed by atoms with E-state index < -0.39 is 5.72 Å². The van der Waals surface area contributed by atoms with E-state index in [0.717, 1.165) is 12.8 Å². The number of nitrogens with one attached hydrogen (secondary N) is 1.